The first-order valence-corrected chi connectivity index (χ1v) is 6.90. The molecule has 0 unspecified atom stereocenters. The average Bonchev–Trinajstić information content (AvgIpc) is 3.00. The number of ether oxygens (including phenoxy) is 1. The lowest BCUT2D eigenvalue weighted by atomic mass is 10.0. The molecule has 1 amide bonds. The number of hydrogen-bond donors (Lipinski definition) is 0. The zero-order valence-electron chi connectivity index (χ0n) is 11.3. The second-order valence-corrected chi connectivity index (χ2v) is 5.54. The van der Waals surface area contributed by atoms with E-state index in [-0.39, 0.29) is 6.09 Å². The number of fused-ring (bicyclic) bond motifs is 1. The van der Waals surface area contributed by atoms with Crippen LogP contribution < -0.4 is 0 Å². The third-order valence-electron chi connectivity index (χ3n) is 4.29. The largest absolute Gasteiger partial charge is 0.445 e. The maximum absolute atomic E-state index is 12.0. The van der Waals surface area contributed by atoms with E-state index in [9.17, 15) is 4.79 Å². The van der Waals surface area contributed by atoms with Crippen LogP contribution in [0.3, 0.4) is 0 Å². The molecule has 5 heteroatoms. The first-order chi connectivity index (χ1) is 9.24. The average molecular weight is 258 g/mol. The van der Waals surface area contributed by atoms with Crippen LogP contribution in [0.2, 0.25) is 0 Å². The van der Waals surface area contributed by atoms with E-state index in [0.29, 0.717) is 18.6 Å². The number of benzene rings is 1. The summed E-state index contributed by atoms with van der Waals surface area (Å²) in [7, 11) is 2.14. The molecule has 2 fully saturated rings. The number of likely N-dealkylation sites (tertiary alicyclic amines) is 1. The molecule has 3 rings (SSSR count). The van der Waals surface area contributed by atoms with Gasteiger partial charge in [0.25, 0.3) is 0 Å². The van der Waals surface area contributed by atoms with Gasteiger partial charge in [0.05, 0.1) is 0 Å². The summed E-state index contributed by atoms with van der Waals surface area (Å²) in [6, 6.07) is 10.4. The van der Waals surface area contributed by atoms with Gasteiger partial charge in [-0.25, -0.2) is 4.79 Å². The Morgan fingerprint density at radius 1 is 1.32 bits per heavy atom. The summed E-state index contributed by atoms with van der Waals surface area (Å²) in [5, 5.41) is 0. The van der Waals surface area contributed by atoms with Crippen molar-refractivity contribution in [3.05, 3.63) is 35.9 Å². The van der Waals surface area contributed by atoms with E-state index < -0.39 is 0 Å². The zero-order chi connectivity index (χ0) is 13.2. The van der Waals surface area contributed by atoms with Crippen LogP contribution >= 0.6 is 0 Å². The number of hydrogen-bond acceptors (Lipinski definition) is 3. The molecular formula is C14H19BN2O2. The van der Waals surface area contributed by atoms with Gasteiger partial charge in [-0.05, 0) is 24.4 Å². The molecule has 2 atom stereocenters. The molecule has 4 nitrogen and oxygen atoms in total. The van der Waals surface area contributed by atoms with Gasteiger partial charge in [-0.1, -0.05) is 30.3 Å². The van der Waals surface area contributed by atoms with Crippen LogP contribution in [0, 0.1) is 5.92 Å². The lowest BCUT2D eigenvalue weighted by Crippen LogP contribution is -2.35. The predicted octanol–water partition coefficient (Wildman–Crippen LogP) is 0.877. The van der Waals surface area contributed by atoms with Crippen LogP contribution in [0.15, 0.2) is 30.3 Å². The zero-order valence-corrected chi connectivity index (χ0v) is 11.3. The number of carbonyl (C=O) groups excluding carboxylic acids is 1. The van der Waals surface area contributed by atoms with Crippen molar-refractivity contribution < 1.29 is 9.53 Å². The van der Waals surface area contributed by atoms with E-state index in [1.165, 1.54) is 6.42 Å². The van der Waals surface area contributed by atoms with E-state index in [0.717, 1.165) is 25.2 Å². The van der Waals surface area contributed by atoms with E-state index >= 15 is 0 Å². The molecule has 0 aliphatic carbocycles. The summed E-state index contributed by atoms with van der Waals surface area (Å²) >= 11 is 0. The van der Waals surface area contributed by atoms with E-state index in [2.05, 4.69) is 12.8 Å². The van der Waals surface area contributed by atoms with Gasteiger partial charge in [0, 0.05) is 19.1 Å². The van der Waals surface area contributed by atoms with Gasteiger partial charge in [0.15, 0.2) is 7.98 Å². The van der Waals surface area contributed by atoms with Gasteiger partial charge < -0.3 is 14.4 Å². The summed E-state index contributed by atoms with van der Waals surface area (Å²) in [6.45, 7) is 3.18. The molecule has 2 aliphatic heterocycles. The Hall–Kier alpha value is -1.49. The number of nitrogens with zero attached hydrogens (tertiary/aromatic N) is 2. The summed E-state index contributed by atoms with van der Waals surface area (Å²) in [5.74, 6) is 0.634. The molecule has 0 radical (unpaired) electrons. The summed E-state index contributed by atoms with van der Waals surface area (Å²) in [4.78, 5) is 16.3. The summed E-state index contributed by atoms with van der Waals surface area (Å²) < 4.78 is 5.38. The SMILES string of the molecule is BN1CC[C@@H]2CN(C(=O)OCc3ccccc3)C[C@@H]21. The molecule has 100 valence electrons. The molecule has 0 bridgehead atoms. The van der Waals surface area contributed by atoms with Gasteiger partial charge in [-0.15, -0.1) is 0 Å². The standard InChI is InChI=1S/C14H19BN2O2/c15-17-7-6-12-8-16(9-13(12)17)14(18)19-10-11-4-2-1-3-5-11/h1-5,12-13H,6-10,15H2/t12-,13+/m1/s1. The highest BCUT2D eigenvalue weighted by Crippen LogP contribution is 2.30. The van der Waals surface area contributed by atoms with Crippen molar-refractivity contribution in [3.8, 4) is 0 Å². The monoisotopic (exact) mass is 258 g/mol. The first kappa shape index (κ1) is 12.5. The Kier molecular flexibility index (Phi) is 3.47. The van der Waals surface area contributed by atoms with Crippen LogP contribution in [0.25, 0.3) is 0 Å². The van der Waals surface area contributed by atoms with Crippen LogP contribution in [0.1, 0.15) is 12.0 Å². The molecule has 1 aromatic carbocycles. The number of carbonyl (C=O) groups is 1. The van der Waals surface area contributed by atoms with Gasteiger partial charge in [-0.2, -0.15) is 0 Å². The van der Waals surface area contributed by atoms with Crippen LogP contribution in [-0.2, 0) is 11.3 Å². The quantitative estimate of drug-likeness (QED) is 0.738. The molecular weight excluding hydrogens is 239 g/mol. The predicted molar refractivity (Wildman–Crippen MR) is 75.3 cm³/mol. The van der Waals surface area contributed by atoms with Crippen molar-refractivity contribution >= 4 is 14.1 Å². The molecule has 2 aliphatic rings. The van der Waals surface area contributed by atoms with Crippen molar-refractivity contribution in [2.45, 2.75) is 19.1 Å². The third kappa shape index (κ3) is 2.61. The van der Waals surface area contributed by atoms with Crippen molar-refractivity contribution in [2.24, 2.45) is 5.92 Å². The first-order valence-electron chi connectivity index (χ1n) is 6.90. The fourth-order valence-electron chi connectivity index (χ4n) is 3.13. The topological polar surface area (TPSA) is 32.8 Å². The minimum atomic E-state index is -0.174. The Morgan fingerprint density at radius 3 is 2.84 bits per heavy atom. The van der Waals surface area contributed by atoms with Crippen molar-refractivity contribution in [1.82, 2.24) is 9.71 Å². The second-order valence-electron chi connectivity index (χ2n) is 5.54. The molecule has 19 heavy (non-hydrogen) atoms. The Morgan fingerprint density at radius 2 is 2.11 bits per heavy atom. The van der Waals surface area contributed by atoms with Crippen LogP contribution in [0.5, 0.6) is 0 Å². The molecule has 0 aromatic heterocycles. The minimum absolute atomic E-state index is 0.174. The Bertz CT molecular complexity index is 454. The summed E-state index contributed by atoms with van der Waals surface area (Å²) in [6.07, 6.45) is 1.02. The smallest absolute Gasteiger partial charge is 0.410 e. The minimum Gasteiger partial charge on any atom is -0.445 e. The van der Waals surface area contributed by atoms with E-state index in [4.69, 9.17) is 4.74 Å². The van der Waals surface area contributed by atoms with Gasteiger partial charge >= 0.3 is 6.09 Å². The van der Waals surface area contributed by atoms with E-state index in [1.807, 2.05) is 35.2 Å². The fraction of sp³-hybridized carbons (Fsp3) is 0.500. The molecule has 1 aromatic rings. The van der Waals surface area contributed by atoms with Gasteiger partial charge in [0.2, 0.25) is 0 Å². The van der Waals surface area contributed by atoms with Crippen LogP contribution in [0.4, 0.5) is 4.79 Å². The maximum atomic E-state index is 12.0. The van der Waals surface area contributed by atoms with Crippen molar-refractivity contribution in [2.75, 3.05) is 19.6 Å². The molecule has 2 saturated heterocycles. The summed E-state index contributed by atoms with van der Waals surface area (Å²) in [5.41, 5.74) is 1.03. The number of amides is 1. The lowest BCUT2D eigenvalue weighted by molar-refractivity contribution is 0.101. The molecule has 0 N–H and O–H groups in total. The highest BCUT2D eigenvalue weighted by atomic mass is 16.6. The maximum Gasteiger partial charge on any atom is 0.410 e. The van der Waals surface area contributed by atoms with Crippen LogP contribution in [-0.4, -0.2) is 49.5 Å². The highest BCUT2D eigenvalue weighted by Gasteiger charge is 2.41. The fourth-order valence-corrected chi connectivity index (χ4v) is 3.13. The lowest BCUT2D eigenvalue weighted by Gasteiger charge is -2.20. The highest BCUT2D eigenvalue weighted by molar-refractivity contribution is 6.04. The molecule has 0 saturated carbocycles. The Balaban J connectivity index is 1.52. The normalized spacial score (nSPS) is 26.4. The Labute approximate surface area is 114 Å². The third-order valence-corrected chi connectivity index (χ3v) is 4.29. The van der Waals surface area contributed by atoms with Gasteiger partial charge in [-0.3, -0.25) is 0 Å². The van der Waals surface area contributed by atoms with Crippen molar-refractivity contribution in [1.29, 1.82) is 0 Å². The molecule has 0 spiro atoms. The molecule has 2 heterocycles. The van der Waals surface area contributed by atoms with E-state index in [1.54, 1.807) is 0 Å². The van der Waals surface area contributed by atoms with Crippen molar-refractivity contribution in [3.63, 3.8) is 0 Å². The number of rotatable bonds is 2. The van der Waals surface area contributed by atoms with Gasteiger partial charge in [0.1, 0.15) is 6.61 Å². The second kappa shape index (κ2) is 5.25.